The van der Waals surface area contributed by atoms with Crippen LogP contribution in [-0.4, -0.2) is 45.0 Å². The lowest BCUT2D eigenvalue weighted by Gasteiger charge is -2.32. The fraction of sp³-hybridized carbons (Fsp3) is 0.529. The summed E-state index contributed by atoms with van der Waals surface area (Å²) in [5.41, 5.74) is 2.58. The summed E-state index contributed by atoms with van der Waals surface area (Å²) in [6.07, 6.45) is 1.75. The first kappa shape index (κ1) is 16.8. The van der Waals surface area contributed by atoms with Gasteiger partial charge in [0, 0.05) is 17.9 Å². The summed E-state index contributed by atoms with van der Waals surface area (Å²) >= 11 is 1.46. The molecule has 2 aromatic rings. The van der Waals surface area contributed by atoms with Gasteiger partial charge in [0.2, 0.25) is 0 Å². The van der Waals surface area contributed by atoms with Crippen LogP contribution in [-0.2, 0) is 0 Å². The first-order valence-corrected chi connectivity index (χ1v) is 8.96. The summed E-state index contributed by atoms with van der Waals surface area (Å²) in [5.74, 6) is 0.0488. The van der Waals surface area contributed by atoms with E-state index in [4.69, 9.17) is 4.74 Å². The van der Waals surface area contributed by atoms with Gasteiger partial charge in [-0.2, -0.15) is 0 Å². The number of carbonyl (C=O) groups is 1. The largest absolute Gasteiger partial charge is 0.458 e. The van der Waals surface area contributed by atoms with E-state index < -0.39 is 0 Å². The highest BCUT2D eigenvalue weighted by molar-refractivity contribution is 7.13. The van der Waals surface area contributed by atoms with Crippen molar-refractivity contribution in [2.24, 2.45) is 0 Å². The maximum atomic E-state index is 12.7. The molecule has 0 spiro atoms. The number of hydrogen-bond acceptors (Lipinski definition) is 6. The molecule has 3 heterocycles. The van der Waals surface area contributed by atoms with Crippen LogP contribution in [0.1, 0.15) is 44.6 Å². The van der Waals surface area contributed by atoms with Crippen LogP contribution in [0.25, 0.3) is 0 Å². The minimum Gasteiger partial charge on any atom is -0.458 e. The zero-order valence-electron chi connectivity index (χ0n) is 14.5. The van der Waals surface area contributed by atoms with Gasteiger partial charge in [0.1, 0.15) is 11.0 Å². The number of piperidine rings is 1. The third-order valence-electron chi connectivity index (χ3n) is 4.00. The molecule has 0 saturated carbocycles. The molecule has 1 aliphatic rings. The van der Waals surface area contributed by atoms with Crippen molar-refractivity contribution >= 4 is 17.2 Å². The maximum Gasteiger partial charge on any atom is 0.317 e. The van der Waals surface area contributed by atoms with E-state index in [0.717, 1.165) is 46.4 Å². The highest BCUT2D eigenvalue weighted by Crippen LogP contribution is 2.23. The van der Waals surface area contributed by atoms with Gasteiger partial charge in [-0.05, 0) is 46.6 Å². The number of ether oxygens (including phenoxy) is 1. The molecule has 0 N–H and O–H groups in total. The van der Waals surface area contributed by atoms with Crippen molar-refractivity contribution in [3.05, 3.63) is 33.0 Å². The number of thiazole rings is 1. The Bertz CT molecular complexity index is 739. The predicted octanol–water partition coefficient (Wildman–Crippen LogP) is 2.85. The van der Waals surface area contributed by atoms with E-state index in [9.17, 15) is 4.79 Å². The molecule has 6 nitrogen and oxygen atoms in total. The molecule has 3 rings (SSSR count). The van der Waals surface area contributed by atoms with Crippen LogP contribution in [0.4, 0.5) is 0 Å². The second-order valence-electron chi connectivity index (χ2n) is 6.21. The Kier molecular flexibility index (Phi) is 4.80. The SMILES string of the molecule is Cc1cc(C)nc(OC2CCCN(C(=O)c3sc(C)nc3C)C2)n1. The Morgan fingerprint density at radius 1 is 1.21 bits per heavy atom. The van der Waals surface area contributed by atoms with E-state index >= 15 is 0 Å². The molecule has 2 aromatic heterocycles. The van der Waals surface area contributed by atoms with E-state index in [-0.39, 0.29) is 12.0 Å². The molecule has 1 fully saturated rings. The second-order valence-corrected chi connectivity index (χ2v) is 7.42. The number of aryl methyl sites for hydroxylation is 4. The number of aromatic nitrogens is 3. The molecule has 1 atom stereocenters. The summed E-state index contributed by atoms with van der Waals surface area (Å²) in [4.78, 5) is 28.4. The summed E-state index contributed by atoms with van der Waals surface area (Å²) in [6, 6.07) is 2.31. The van der Waals surface area contributed by atoms with Crippen molar-refractivity contribution in [3.63, 3.8) is 0 Å². The lowest BCUT2D eigenvalue weighted by atomic mass is 10.1. The van der Waals surface area contributed by atoms with E-state index in [1.165, 1.54) is 11.3 Å². The van der Waals surface area contributed by atoms with Crippen LogP contribution in [0.5, 0.6) is 6.01 Å². The van der Waals surface area contributed by atoms with Gasteiger partial charge >= 0.3 is 6.01 Å². The number of carbonyl (C=O) groups excluding carboxylic acids is 1. The third kappa shape index (κ3) is 3.72. The first-order chi connectivity index (χ1) is 11.4. The van der Waals surface area contributed by atoms with Gasteiger partial charge < -0.3 is 9.64 Å². The van der Waals surface area contributed by atoms with Crippen molar-refractivity contribution in [1.29, 1.82) is 0 Å². The van der Waals surface area contributed by atoms with Crippen molar-refractivity contribution in [2.75, 3.05) is 13.1 Å². The second kappa shape index (κ2) is 6.84. The smallest absolute Gasteiger partial charge is 0.317 e. The Labute approximate surface area is 145 Å². The molecule has 0 bridgehead atoms. The molecular weight excluding hydrogens is 324 g/mol. The van der Waals surface area contributed by atoms with Crippen LogP contribution in [0, 0.1) is 27.7 Å². The van der Waals surface area contributed by atoms with Crippen molar-refractivity contribution < 1.29 is 9.53 Å². The van der Waals surface area contributed by atoms with E-state index in [2.05, 4.69) is 15.0 Å². The van der Waals surface area contributed by atoms with Crippen LogP contribution in [0.2, 0.25) is 0 Å². The standard InChI is InChI=1S/C17H22N4O2S/c1-10-8-11(2)19-17(18-10)23-14-6-5-7-21(9-14)16(22)15-12(3)20-13(4)24-15/h8,14H,5-7,9H2,1-4H3. The number of nitrogens with zero attached hydrogens (tertiary/aromatic N) is 4. The third-order valence-corrected chi connectivity index (χ3v) is 5.06. The molecule has 24 heavy (non-hydrogen) atoms. The number of hydrogen-bond donors (Lipinski definition) is 0. The first-order valence-electron chi connectivity index (χ1n) is 8.14. The lowest BCUT2D eigenvalue weighted by Crippen LogP contribution is -2.44. The van der Waals surface area contributed by atoms with Crippen LogP contribution in [0.3, 0.4) is 0 Å². The summed E-state index contributed by atoms with van der Waals surface area (Å²) in [7, 11) is 0. The van der Waals surface area contributed by atoms with Gasteiger partial charge in [-0.3, -0.25) is 4.79 Å². The molecule has 1 aliphatic heterocycles. The summed E-state index contributed by atoms with van der Waals surface area (Å²) in [5, 5.41) is 0.921. The Balaban J connectivity index is 1.70. The predicted molar refractivity (Wildman–Crippen MR) is 92.6 cm³/mol. The Morgan fingerprint density at radius 2 is 1.92 bits per heavy atom. The van der Waals surface area contributed by atoms with Crippen LogP contribution < -0.4 is 4.74 Å². The lowest BCUT2D eigenvalue weighted by molar-refractivity contribution is 0.0518. The maximum absolute atomic E-state index is 12.7. The molecule has 0 aromatic carbocycles. The zero-order chi connectivity index (χ0) is 17.3. The van der Waals surface area contributed by atoms with E-state index in [0.29, 0.717) is 12.6 Å². The number of amides is 1. The van der Waals surface area contributed by atoms with E-state index in [1.807, 2.05) is 38.7 Å². The van der Waals surface area contributed by atoms with Gasteiger partial charge in [0.05, 0.1) is 17.2 Å². The van der Waals surface area contributed by atoms with Crippen molar-refractivity contribution in [3.8, 4) is 6.01 Å². The highest BCUT2D eigenvalue weighted by atomic mass is 32.1. The molecule has 1 saturated heterocycles. The quantitative estimate of drug-likeness (QED) is 0.855. The summed E-state index contributed by atoms with van der Waals surface area (Å²) in [6.45, 7) is 8.97. The number of likely N-dealkylation sites (tertiary alicyclic amines) is 1. The van der Waals surface area contributed by atoms with Gasteiger partial charge in [0.15, 0.2) is 0 Å². The minimum absolute atomic E-state index is 0.0488. The van der Waals surface area contributed by atoms with E-state index in [1.54, 1.807) is 0 Å². The minimum atomic E-state index is -0.0711. The van der Waals surface area contributed by atoms with Gasteiger partial charge in [-0.25, -0.2) is 15.0 Å². The van der Waals surface area contributed by atoms with Crippen molar-refractivity contribution in [2.45, 2.75) is 46.6 Å². The highest BCUT2D eigenvalue weighted by Gasteiger charge is 2.28. The average molecular weight is 346 g/mol. The molecule has 0 aliphatic carbocycles. The molecule has 1 amide bonds. The Hall–Kier alpha value is -2.02. The van der Waals surface area contributed by atoms with Gasteiger partial charge in [0.25, 0.3) is 5.91 Å². The molecular formula is C17H22N4O2S. The fourth-order valence-electron chi connectivity index (χ4n) is 2.99. The van der Waals surface area contributed by atoms with Crippen LogP contribution >= 0.6 is 11.3 Å². The normalized spacial score (nSPS) is 17.8. The topological polar surface area (TPSA) is 68.2 Å². The molecule has 7 heteroatoms. The van der Waals surface area contributed by atoms with Crippen molar-refractivity contribution in [1.82, 2.24) is 19.9 Å². The van der Waals surface area contributed by atoms with Crippen LogP contribution in [0.15, 0.2) is 6.07 Å². The Morgan fingerprint density at radius 3 is 2.54 bits per heavy atom. The number of rotatable bonds is 3. The molecule has 1 unspecified atom stereocenters. The van der Waals surface area contributed by atoms with Gasteiger partial charge in [-0.15, -0.1) is 11.3 Å². The average Bonchev–Trinajstić information content (AvgIpc) is 2.84. The molecule has 128 valence electrons. The fourth-order valence-corrected chi connectivity index (χ4v) is 3.88. The monoisotopic (exact) mass is 346 g/mol. The molecule has 0 radical (unpaired) electrons. The van der Waals surface area contributed by atoms with Gasteiger partial charge in [-0.1, -0.05) is 0 Å². The zero-order valence-corrected chi connectivity index (χ0v) is 15.3. The summed E-state index contributed by atoms with van der Waals surface area (Å²) < 4.78 is 5.94.